The van der Waals surface area contributed by atoms with Gasteiger partial charge in [-0.15, -0.1) is 0 Å². The van der Waals surface area contributed by atoms with Gasteiger partial charge in [0, 0.05) is 30.6 Å². The summed E-state index contributed by atoms with van der Waals surface area (Å²) >= 11 is 0. The summed E-state index contributed by atoms with van der Waals surface area (Å²) in [6, 6.07) is 10.4. The monoisotopic (exact) mass is 630 g/mol. The highest BCUT2D eigenvalue weighted by Crippen LogP contribution is 2.39. The van der Waals surface area contributed by atoms with Gasteiger partial charge in [0.1, 0.15) is 29.6 Å². The number of carbonyl (C=O) groups excluding carboxylic acids is 2. The number of pyridine rings is 1. The minimum Gasteiger partial charge on any atom is -0.496 e. The molecular formula is C36H46N4O6. The van der Waals surface area contributed by atoms with Gasteiger partial charge in [0.2, 0.25) is 5.91 Å². The minimum absolute atomic E-state index is 0.0857. The van der Waals surface area contributed by atoms with Crippen molar-refractivity contribution in [2.45, 2.75) is 89.8 Å². The van der Waals surface area contributed by atoms with E-state index in [4.69, 9.17) is 18.9 Å². The molecule has 2 saturated carbocycles. The number of oxazole rings is 1. The molecule has 0 atom stereocenters. The lowest BCUT2D eigenvalue weighted by atomic mass is 9.78. The second-order valence-corrected chi connectivity index (χ2v) is 13.2. The molecule has 2 amide bonds. The van der Waals surface area contributed by atoms with E-state index in [2.05, 4.69) is 30.1 Å². The maximum absolute atomic E-state index is 14.3. The van der Waals surface area contributed by atoms with Gasteiger partial charge in [-0.25, -0.2) is 14.8 Å². The first-order valence-electron chi connectivity index (χ1n) is 16.8. The first-order valence-corrected chi connectivity index (χ1v) is 16.8. The van der Waals surface area contributed by atoms with Crippen LogP contribution < -0.4 is 9.64 Å². The molecule has 3 aliphatic rings. The van der Waals surface area contributed by atoms with Gasteiger partial charge in [0.05, 0.1) is 26.3 Å². The van der Waals surface area contributed by atoms with Gasteiger partial charge < -0.3 is 23.9 Å². The molecule has 0 radical (unpaired) electrons. The Kier molecular flexibility index (Phi) is 9.92. The topological polar surface area (TPSA) is 118 Å². The lowest BCUT2D eigenvalue weighted by Gasteiger charge is -2.38. The number of rotatable bonds is 9. The second-order valence-electron chi connectivity index (χ2n) is 13.2. The molecule has 10 heteroatoms. The average Bonchev–Trinajstić information content (AvgIpc) is 3.56. The molecule has 0 bridgehead atoms. The standard InChI is InChI=1S/C36H46N4O6/c1-4-34-38-31(22-45-34)28-15-16-37-33(18-28)40(19-24-5-7-25(8-6-24)27-11-14-32(44-3)23(2)17-27)35(42)26-9-12-30(13-10-26)46-36(43)39-20-29(41)21-39/h11,14-18,22,24-26,29-30,41H,4-10,12-13,19-21H2,1-3H3/t24-,25-,26-,30-. The van der Waals surface area contributed by atoms with Gasteiger partial charge in [-0.1, -0.05) is 19.1 Å². The van der Waals surface area contributed by atoms with Crippen LogP contribution in [0.5, 0.6) is 5.75 Å². The van der Waals surface area contributed by atoms with E-state index in [1.165, 1.54) is 10.5 Å². The normalized spacial score (nSPS) is 23.4. The van der Waals surface area contributed by atoms with E-state index in [0.717, 1.165) is 48.3 Å². The van der Waals surface area contributed by atoms with E-state index < -0.39 is 6.10 Å². The van der Waals surface area contributed by atoms with Gasteiger partial charge in [-0.05, 0) is 99.5 Å². The molecule has 6 rings (SSSR count). The lowest BCUT2D eigenvalue weighted by molar-refractivity contribution is -0.124. The zero-order valence-electron chi connectivity index (χ0n) is 27.2. The highest BCUT2D eigenvalue weighted by atomic mass is 16.6. The molecule has 0 unspecified atom stereocenters. The summed E-state index contributed by atoms with van der Waals surface area (Å²) in [5, 5.41) is 9.51. The predicted octanol–water partition coefficient (Wildman–Crippen LogP) is 6.29. The van der Waals surface area contributed by atoms with Crippen LogP contribution in [0.3, 0.4) is 0 Å². The summed E-state index contributed by atoms with van der Waals surface area (Å²) in [4.78, 5) is 39.4. The number of nitrogens with zero attached hydrogens (tertiary/aromatic N) is 4. The fourth-order valence-electron chi connectivity index (χ4n) is 7.19. The van der Waals surface area contributed by atoms with E-state index in [-0.39, 0.29) is 24.0 Å². The number of anilines is 1. The number of amides is 2. The zero-order chi connectivity index (χ0) is 32.2. The third-order valence-corrected chi connectivity index (χ3v) is 10.0. The van der Waals surface area contributed by atoms with Crippen LogP contribution in [0.25, 0.3) is 11.3 Å². The van der Waals surface area contributed by atoms with E-state index in [0.29, 0.717) is 75.3 Å². The minimum atomic E-state index is -0.460. The molecule has 1 aromatic carbocycles. The Hall–Kier alpha value is -3.92. The van der Waals surface area contributed by atoms with Crippen molar-refractivity contribution in [2.75, 3.05) is 31.6 Å². The van der Waals surface area contributed by atoms with Crippen molar-refractivity contribution >= 4 is 17.8 Å². The van der Waals surface area contributed by atoms with E-state index >= 15 is 0 Å². The molecule has 2 aliphatic carbocycles. The number of aromatic nitrogens is 2. The van der Waals surface area contributed by atoms with Crippen molar-refractivity contribution in [1.29, 1.82) is 0 Å². The number of benzene rings is 1. The van der Waals surface area contributed by atoms with Gasteiger partial charge in [0.15, 0.2) is 5.89 Å². The Morgan fingerprint density at radius 3 is 2.46 bits per heavy atom. The Morgan fingerprint density at radius 2 is 1.80 bits per heavy atom. The third kappa shape index (κ3) is 7.22. The molecule has 3 aromatic rings. The van der Waals surface area contributed by atoms with Crippen LogP contribution in [0.4, 0.5) is 10.6 Å². The van der Waals surface area contributed by atoms with Crippen LogP contribution >= 0.6 is 0 Å². The summed E-state index contributed by atoms with van der Waals surface area (Å²) in [6.07, 6.45) is 9.91. The number of aliphatic hydroxyl groups excluding tert-OH is 1. The number of ether oxygens (including phenoxy) is 2. The quantitative estimate of drug-likeness (QED) is 0.293. The Morgan fingerprint density at radius 1 is 1.04 bits per heavy atom. The van der Waals surface area contributed by atoms with Gasteiger partial charge >= 0.3 is 6.09 Å². The summed E-state index contributed by atoms with van der Waals surface area (Å²) in [5.41, 5.74) is 4.13. The van der Waals surface area contributed by atoms with Crippen molar-refractivity contribution in [3.63, 3.8) is 0 Å². The van der Waals surface area contributed by atoms with Crippen LogP contribution in [0.15, 0.2) is 47.2 Å². The van der Waals surface area contributed by atoms with Crippen LogP contribution in [0, 0.1) is 18.8 Å². The van der Waals surface area contributed by atoms with E-state index in [1.54, 1.807) is 19.6 Å². The fourth-order valence-corrected chi connectivity index (χ4v) is 7.19. The molecule has 10 nitrogen and oxygen atoms in total. The number of likely N-dealkylation sites (tertiary alicyclic amines) is 1. The Balaban J connectivity index is 1.14. The summed E-state index contributed by atoms with van der Waals surface area (Å²) in [7, 11) is 1.71. The average molecular weight is 631 g/mol. The first kappa shape index (κ1) is 32.0. The molecule has 3 heterocycles. The highest BCUT2D eigenvalue weighted by Gasteiger charge is 2.36. The molecule has 2 aromatic heterocycles. The fraction of sp³-hybridized carbons (Fsp3) is 0.556. The maximum atomic E-state index is 14.3. The number of aryl methyl sites for hydroxylation is 2. The summed E-state index contributed by atoms with van der Waals surface area (Å²) in [6.45, 7) is 5.36. The van der Waals surface area contributed by atoms with Crippen molar-refractivity contribution in [2.24, 2.45) is 11.8 Å². The molecule has 1 saturated heterocycles. The van der Waals surface area contributed by atoms with Gasteiger partial charge in [-0.2, -0.15) is 0 Å². The number of β-amino-alcohol motifs (C(OH)–C–C–N with tert-alkyl or cyclic N) is 1. The predicted molar refractivity (Wildman–Crippen MR) is 174 cm³/mol. The Labute approximate surface area is 271 Å². The zero-order valence-corrected chi connectivity index (χ0v) is 27.2. The van der Waals surface area contributed by atoms with Crippen molar-refractivity contribution < 1.29 is 28.6 Å². The lowest BCUT2D eigenvalue weighted by Crippen LogP contribution is -2.54. The molecule has 246 valence electrons. The summed E-state index contributed by atoms with van der Waals surface area (Å²) in [5.74, 6) is 3.03. The second kappa shape index (κ2) is 14.2. The number of hydrogen-bond donors (Lipinski definition) is 1. The molecule has 46 heavy (non-hydrogen) atoms. The van der Waals surface area contributed by atoms with E-state index in [1.807, 2.05) is 24.0 Å². The molecule has 0 spiro atoms. The largest absolute Gasteiger partial charge is 0.496 e. The van der Waals surface area contributed by atoms with Gasteiger partial charge in [0.25, 0.3) is 0 Å². The number of carbonyl (C=O) groups is 2. The van der Waals surface area contributed by atoms with Crippen LogP contribution in [-0.2, 0) is 16.0 Å². The van der Waals surface area contributed by atoms with Crippen molar-refractivity contribution in [1.82, 2.24) is 14.9 Å². The first-order chi connectivity index (χ1) is 22.3. The van der Waals surface area contributed by atoms with Crippen LogP contribution in [-0.4, -0.2) is 70.9 Å². The molecule has 3 fully saturated rings. The van der Waals surface area contributed by atoms with Gasteiger partial charge in [-0.3, -0.25) is 9.69 Å². The number of hydrogen-bond acceptors (Lipinski definition) is 8. The molecule has 1 N–H and O–H groups in total. The highest BCUT2D eigenvalue weighted by molar-refractivity contribution is 5.94. The third-order valence-electron chi connectivity index (χ3n) is 10.0. The SMILES string of the molecule is CCc1nc(-c2ccnc(N(C[C@H]3CC[C@H](c4ccc(OC)c(C)c4)CC3)C(=O)[C@H]3CC[C@H](OC(=O)N4CC(O)C4)CC3)c2)co1. The molecule has 1 aliphatic heterocycles. The van der Waals surface area contributed by atoms with E-state index in [9.17, 15) is 14.7 Å². The Bertz CT molecular complexity index is 1500. The summed E-state index contributed by atoms with van der Waals surface area (Å²) < 4.78 is 16.8. The van der Waals surface area contributed by atoms with Crippen LogP contribution in [0.2, 0.25) is 0 Å². The maximum Gasteiger partial charge on any atom is 0.410 e. The number of methoxy groups -OCH3 is 1. The van der Waals surface area contributed by atoms with Crippen LogP contribution in [0.1, 0.15) is 81.2 Å². The van der Waals surface area contributed by atoms with Crippen molar-refractivity contribution in [3.05, 3.63) is 59.8 Å². The number of aliphatic hydroxyl groups is 1. The molecular weight excluding hydrogens is 584 g/mol. The van der Waals surface area contributed by atoms with Crippen molar-refractivity contribution in [3.8, 4) is 17.0 Å². The smallest absolute Gasteiger partial charge is 0.410 e.